The van der Waals surface area contributed by atoms with E-state index in [2.05, 4.69) is 0 Å². The van der Waals surface area contributed by atoms with Crippen molar-refractivity contribution in [3.63, 3.8) is 0 Å². The van der Waals surface area contributed by atoms with E-state index in [4.69, 9.17) is 28.4 Å². The maximum Gasteiger partial charge on any atom is 0.339 e. The third-order valence-corrected chi connectivity index (χ3v) is 14.4. The van der Waals surface area contributed by atoms with E-state index >= 15 is 0 Å². The Morgan fingerprint density at radius 2 is 1.08 bits per heavy atom. The molecular formula is C50H60O23. The molecular weight excluding hydrogens is 969 g/mol. The number of aromatic hydroxyl groups is 3. The zero-order chi connectivity index (χ0) is 52.9. The van der Waals surface area contributed by atoms with Crippen molar-refractivity contribution in [1.29, 1.82) is 0 Å². The number of ether oxygens (including phenoxy) is 6. The Hall–Kier alpha value is -5.80. The molecule has 7 rings (SSSR count). The number of carbonyl (C=O) groups is 4. The SMILES string of the molecule is O=C[C@]1(/C=C\O[C@@H]2O[C@H](CO)[C@@H](O)[C@H](O)[C@H]2O)CC[C@H](COC(=O)c2cc3cc(O)c(O)cc3c(-c3ccc(O)cc3)c2C(=O)OC[C@H]2CC[C@](C=O)(/C=C\O[C@@H]3O[C@H](CO)[C@@H](O)[C@H](O)[C@H]3O)[C@@H](O)C2)C[C@@H]1O. The number of hydrogen-bond donors (Lipinski definition) is 13. The van der Waals surface area contributed by atoms with E-state index in [9.17, 15) is 85.6 Å². The molecule has 398 valence electrons. The lowest BCUT2D eigenvalue weighted by Gasteiger charge is -2.40. The second kappa shape index (κ2) is 23.2. The second-order valence-corrected chi connectivity index (χ2v) is 19.0. The van der Waals surface area contributed by atoms with Crippen molar-refractivity contribution >= 4 is 35.3 Å². The normalized spacial score (nSPS) is 34.9. The number of aliphatic hydroxyl groups excluding tert-OH is 10. The number of aldehydes is 2. The average molecular weight is 1030 g/mol. The third kappa shape index (κ3) is 11.5. The van der Waals surface area contributed by atoms with Crippen LogP contribution in [0.5, 0.6) is 17.2 Å². The van der Waals surface area contributed by atoms with Gasteiger partial charge in [-0.1, -0.05) is 12.1 Å². The fourth-order valence-electron chi connectivity index (χ4n) is 9.70. The highest BCUT2D eigenvalue weighted by Crippen LogP contribution is 2.44. The van der Waals surface area contributed by atoms with Gasteiger partial charge in [0.2, 0.25) is 12.6 Å². The molecule has 4 aliphatic rings. The summed E-state index contributed by atoms with van der Waals surface area (Å²) in [5.41, 5.74) is -3.41. The lowest BCUT2D eigenvalue weighted by Crippen LogP contribution is -2.58. The molecule has 2 saturated heterocycles. The Morgan fingerprint density at radius 1 is 0.616 bits per heavy atom. The van der Waals surface area contributed by atoms with Gasteiger partial charge in [0, 0.05) is 5.56 Å². The van der Waals surface area contributed by atoms with E-state index < -0.39 is 133 Å². The van der Waals surface area contributed by atoms with Crippen LogP contribution in [0.3, 0.4) is 0 Å². The third-order valence-electron chi connectivity index (χ3n) is 14.4. The van der Waals surface area contributed by atoms with Crippen LogP contribution in [0.2, 0.25) is 0 Å². The summed E-state index contributed by atoms with van der Waals surface area (Å²) in [6.07, 6.45) is -12.6. The van der Waals surface area contributed by atoms with Crippen molar-refractivity contribution in [3.8, 4) is 28.4 Å². The number of phenols is 3. The average Bonchev–Trinajstić information content (AvgIpc) is 3.38. The predicted octanol–water partition coefficient (Wildman–Crippen LogP) is -0.710. The number of benzene rings is 3. The Labute approximate surface area is 416 Å². The highest BCUT2D eigenvalue weighted by atomic mass is 16.7. The molecule has 0 amide bonds. The minimum atomic E-state index is -1.73. The largest absolute Gasteiger partial charge is 0.508 e. The minimum absolute atomic E-state index is 0.0134. The van der Waals surface area contributed by atoms with Crippen molar-refractivity contribution in [2.45, 2.75) is 112 Å². The summed E-state index contributed by atoms with van der Waals surface area (Å²) in [4.78, 5) is 53.7. The second-order valence-electron chi connectivity index (χ2n) is 19.0. The molecule has 2 saturated carbocycles. The molecule has 0 aromatic heterocycles. The Kier molecular flexibility index (Phi) is 17.4. The summed E-state index contributed by atoms with van der Waals surface area (Å²) in [5.74, 6) is -4.45. The maximum absolute atomic E-state index is 14.5. The number of rotatable bonds is 17. The zero-order valence-corrected chi connectivity index (χ0v) is 39.1. The van der Waals surface area contributed by atoms with E-state index in [0.717, 1.165) is 18.6 Å². The van der Waals surface area contributed by atoms with Gasteiger partial charge in [0.05, 0.1) is 73.1 Å². The van der Waals surface area contributed by atoms with Crippen LogP contribution in [-0.2, 0) is 38.0 Å². The van der Waals surface area contributed by atoms with Crippen LogP contribution in [0.15, 0.2) is 67.1 Å². The van der Waals surface area contributed by atoms with Gasteiger partial charge < -0.3 is 104 Å². The zero-order valence-electron chi connectivity index (χ0n) is 39.1. The highest BCUT2D eigenvalue weighted by molar-refractivity contribution is 6.16. The molecule has 4 fully saturated rings. The number of phenolic OH excluding ortho intramolecular Hbond substituents is 3. The first kappa shape index (κ1) is 55.0. The van der Waals surface area contributed by atoms with Gasteiger partial charge in [0.25, 0.3) is 0 Å². The summed E-state index contributed by atoms with van der Waals surface area (Å²) in [7, 11) is 0. The Balaban J connectivity index is 1.07. The van der Waals surface area contributed by atoms with E-state index in [1.54, 1.807) is 0 Å². The van der Waals surface area contributed by atoms with Crippen molar-refractivity contribution < 1.29 is 114 Å². The smallest absolute Gasteiger partial charge is 0.339 e. The summed E-state index contributed by atoms with van der Waals surface area (Å²) in [6.45, 7) is -2.05. The van der Waals surface area contributed by atoms with E-state index in [1.165, 1.54) is 48.6 Å². The maximum atomic E-state index is 14.5. The molecule has 0 radical (unpaired) electrons. The summed E-state index contributed by atoms with van der Waals surface area (Å²) in [5, 5.41) is 134. The molecule has 13 N–H and O–H groups in total. The Morgan fingerprint density at radius 3 is 1.53 bits per heavy atom. The van der Waals surface area contributed by atoms with Gasteiger partial charge >= 0.3 is 11.9 Å². The van der Waals surface area contributed by atoms with Crippen LogP contribution >= 0.6 is 0 Å². The topological polar surface area (TPSA) is 387 Å². The molecule has 3 aromatic rings. The van der Waals surface area contributed by atoms with Crippen LogP contribution in [0, 0.1) is 22.7 Å². The van der Waals surface area contributed by atoms with Crippen LogP contribution in [0.1, 0.15) is 59.2 Å². The Bertz CT molecular complexity index is 2490. The first-order valence-electron chi connectivity index (χ1n) is 23.5. The molecule has 23 heteroatoms. The van der Waals surface area contributed by atoms with Crippen LogP contribution < -0.4 is 0 Å². The lowest BCUT2D eigenvalue weighted by molar-refractivity contribution is -0.288. The number of fused-ring (bicyclic) bond motifs is 1. The van der Waals surface area contributed by atoms with Gasteiger partial charge in [-0.3, -0.25) is 0 Å². The molecule has 2 heterocycles. The van der Waals surface area contributed by atoms with Crippen molar-refractivity contribution in [3.05, 3.63) is 78.3 Å². The summed E-state index contributed by atoms with van der Waals surface area (Å²) in [6, 6.07) is 9.12. The number of aliphatic hydroxyl groups is 10. The minimum Gasteiger partial charge on any atom is -0.508 e. The molecule has 73 heavy (non-hydrogen) atoms. The van der Waals surface area contributed by atoms with E-state index in [-0.39, 0.29) is 90.5 Å². The molecule has 0 unspecified atom stereocenters. The van der Waals surface area contributed by atoms with E-state index in [1.807, 2.05) is 0 Å². The van der Waals surface area contributed by atoms with Gasteiger partial charge in [-0.2, -0.15) is 0 Å². The molecule has 2 aliphatic heterocycles. The number of esters is 2. The van der Waals surface area contributed by atoms with Crippen LogP contribution in [-0.4, -0.2) is 191 Å². The first-order valence-corrected chi connectivity index (χ1v) is 23.5. The van der Waals surface area contributed by atoms with Gasteiger partial charge in [-0.25, -0.2) is 9.59 Å². The van der Waals surface area contributed by atoms with Gasteiger partial charge in [0.1, 0.15) is 67.2 Å². The van der Waals surface area contributed by atoms with Crippen molar-refractivity contribution in [1.82, 2.24) is 0 Å². The van der Waals surface area contributed by atoms with Gasteiger partial charge in [-0.05, 0) is 109 Å². The lowest BCUT2D eigenvalue weighted by atomic mass is 9.69. The molecule has 0 bridgehead atoms. The summed E-state index contributed by atoms with van der Waals surface area (Å²) < 4.78 is 33.1. The summed E-state index contributed by atoms with van der Waals surface area (Å²) >= 11 is 0. The van der Waals surface area contributed by atoms with Gasteiger partial charge in [0.15, 0.2) is 11.5 Å². The number of hydrogen-bond acceptors (Lipinski definition) is 23. The first-order chi connectivity index (χ1) is 34.8. The predicted molar refractivity (Wildman–Crippen MR) is 247 cm³/mol. The van der Waals surface area contributed by atoms with Gasteiger partial charge in [-0.15, -0.1) is 0 Å². The molecule has 2 aliphatic carbocycles. The van der Waals surface area contributed by atoms with Crippen LogP contribution in [0.4, 0.5) is 0 Å². The molecule has 0 spiro atoms. The molecule has 23 nitrogen and oxygen atoms in total. The highest BCUT2D eigenvalue weighted by Gasteiger charge is 2.47. The van der Waals surface area contributed by atoms with Crippen LogP contribution in [0.25, 0.3) is 21.9 Å². The number of carbonyl (C=O) groups excluding carboxylic acids is 4. The fraction of sp³-hybridized carbons (Fsp3) is 0.520. The van der Waals surface area contributed by atoms with E-state index in [0.29, 0.717) is 12.6 Å². The van der Waals surface area contributed by atoms with Crippen molar-refractivity contribution in [2.75, 3.05) is 26.4 Å². The quantitative estimate of drug-likeness (QED) is 0.0344. The standard InChI is InChI=1S/C50H60O23/c51-18-33-39(60)41(62)43(64)47(72-33)68-11-9-49(22-53)7-5-24(13-35(49)58)20-70-45(66)30-15-27-16-31(56)32(57)17-29(27)37(26-1-3-28(55)4-2-26)38(30)46(67)71-21-25-6-8-50(23-54,36(59)14-25)10-12-69-48-44(65)42(63)40(61)34(19-52)73-48/h1-4,9-12,15-17,22-25,33-36,39-44,47-48,51-52,55-65H,5-8,13-14,18-21H2/b11-9-,12-10-/t24-,25-,33+,34+,35-,36-,39+,40+,41-,42-,43+,44+,47+,48+,49+,50+/m0/s1. The van der Waals surface area contributed by atoms with Crippen molar-refractivity contribution in [2.24, 2.45) is 22.7 Å². The monoisotopic (exact) mass is 1030 g/mol. The fourth-order valence-corrected chi connectivity index (χ4v) is 9.70. The molecule has 16 atom stereocenters. The molecule has 3 aromatic carbocycles.